The summed E-state index contributed by atoms with van der Waals surface area (Å²) in [5.41, 5.74) is -0.246. The largest absolute Gasteiger partial charge is 0.344 e. The van der Waals surface area contributed by atoms with Crippen molar-refractivity contribution in [3.05, 3.63) is 35.9 Å². The van der Waals surface area contributed by atoms with Crippen molar-refractivity contribution >= 4 is 11.7 Å². The van der Waals surface area contributed by atoms with Crippen molar-refractivity contribution in [2.75, 3.05) is 0 Å². The lowest BCUT2D eigenvalue weighted by molar-refractivity contribution is -0.120. The van der Waals surface area contributed by atoms with Crippen LogP contribution in [0.3, 0.4) is 0 Å². The molecule has 0 aliphatic rings. The fourth-order valence-corrected chi connectivity index (χ4v) is 1.45. The highest BCUT2D eigenvalue weighted by Crippen LogP contribution is 2.12. The second-order valence-corrected chi connectivity index (χ2v) is 4.00. The van der Waals surface area contributed by atoms with E-state index < -0.39 is 5.54 Å². The van der Waals surface area contributed by atoms with E-state index in [-0.39, 0.29) is 11.7 Å². The van der Waals surface area contributed by atoms with Gasteiger partial charge in [-0.25, -0.2) is 0 Å². The Morgan fingerprint density at radius 3 is 2.13 bits per heavy atom. The average Bonchev–Trinajstić information content (AvgIpc) is 2.16. The first-order valence-electron chi connectivity index (χ1n) is 4.82. The molecule has 1 aromatic carbocycles. The number of amides is 1. The lowest BCUT2D eigenvalue weighted by atomic mass is 9.93. The predicted octanol–water partition coefficient (Wildman–Crippen LogP) is 1.78. The molecule has 0 unspecified atom stereocenters. The second-order valence-electron chi connectivity index (χ2n) is 4.00. The number of ketones is 1. The lowest BCUT2D eigenvalue weighted by Gasteiger charge is -2.23. The molecule has 0 radical (unpaired) electrons. The normalized spacial score (nSPS) is 10.9. The van der Waals surface area contributed by atoms with Crippen molar-refractivity contribution in [2.45, 2.75) is 26.3 Å². The van der Waals surface area contributed by atoms with Gasteiger partial charge in [-0.15, -0.1) is 0 Å². The van der Waals surface area contributed by atoms with Gasteiger partial charge >= 0.3 is 0 Å². The number of rotatable bonds is 3. The molecule has 80 valence electrons. The maximum Gasteiger partial charge on any atom is 0.217 e. The van der Waals surface area contributed by atoms with Crippen LogP contribution in [-0.4, -0.2) is 17.2 Å². The highest BCUT2D eigenvalue weighted by atomic mass is 16.2. The van der Waals surface area contributed by atoms with Crippen LogP contribution < -0.4 is 5.32 Å². The Labute approximate surface area is 89.5 Å². The zero-order valence-corrected chi connectivity index (χ0v) is 9.20. The minimum Gasteiger partial charge on any atom is -0.344 e. The van der Waals surface area contributed by atoms with Gasteiger partial charge in [0.2, 0.25) is 5.91 Å². The van der Waals surface area contributed by atoms with E-state index in [4.69, 9.17) is 0 Å². The number of carbonyl (C=O) groups is 2. The fourth-order valence-electron chi connectivity index (χ4n) is 1.45. The third kappa shape index (κ3) is 2.91. The monoisotopic (exact) mass is 205 g/mol. The maximum absolute atomic E-state index is 12.0. The van der Waals surface area contributed by atoms with Gasteiger partial charge in [0, 0.05) is 12.5 Å². The SMILES string of the molecule is CC(=O)NC(C)(C)C(=O)c1ccccc1. The van der Waals surface area contributed by atoms with Crippen molar-refractivity contribution in [3.63, 3.8) is 0 Å². The molecule has 0 bridgehead atoms. The zero-order chi connectivity index (χ0) is 11.5. The van der Waals surface area contributed by atoms with Crippen LogP contribution in [0.5, 0.6) is 0 Å². The first kappa shape index (κ1) is 11.4. The summed E-state index contributed by atoms with van der Waals surface area (Å²) in [5.74, 6) is -0.289. The van der Waals surface area contributed by atoms with Crippen molar-refractivity contribution in [3.8, 4) is 0 Å². The zero-order valence-electron chi connectivity index (χ0n) is 9.20. The number of Topliss-reactive ketones (excluding diaryl/α,β-unsaturated/α-hetero) is 1. The van der Waals surface area contributed by atoms with E-state index in [0.717, 1.165) is 0 Å². The molecule has 0 aliphatic heterocycles. The van der Waals surface area contributed by atoms with Gasteiger partial charge in [-0.2, -0.15) is 0 Å². The molecule has 0 aromatic heterocycles. The average molecular weight is 205 g/mol. The van der Waals surface area contributed by atoms with Gasteiger partial charge < -0.3 is 5.32 Å². The standard InChI is InChI=1S/C12H15NO2/c1-9(14)13-12(2,3)11(15)10-7-5-4-6-8-10/h4-8H,1-3H3,(H,13,14). The minimum absolute atomic E-state index is 0.0849. The van der Waals surface area contributed by atoms with Crippen molar-refractivity contribution < 1.29 is 9.59 Å². The van der Waals surface area contributed by atoms with Crippen molar-refractivity contribution in [2.24, 2.45) is 0 Å². The summed E-state index contributed by atoms with van der Waals surface area (Å²) in [6, 6.07) is 8.94. The van der Waals surface area contributed by atoms with Gasteiger partial charge in [0.05, 0.1) is 5.54 Å². The molecule has 0 saturated carbocycles. The van der Waals surface area contributed by atoms with Crippen LogP contribution in [-0.2, 0) is 4.79 Å². The van der Waals surface area contributed by atoms with Crippen molar-refractivity contribution in [1.29, 1.82) is 0 Å². The maximum atomic E-state index is 12.0. The van der Waals surface area contributed by atoms with Crippen LogP contribution in [0.1, 0.15) is 31.1 Å². The molecule has 3 nitrogen and oxygen atoms in total. The van der Waals surface area contributed by atoms with E-state index in [9.17, 15) is 9.59 Å². The van der Waals surface area contributed by atoms with Crippen molar-refractivity contribution in [1.82, 2.24) is 5.32 Å². The van der Waals surface area contributed by atoms with Crippen LogP contribution in [0.2, 0.25) is 0 Å². The Morgan fingerprint density at radius 2 is 1.67 bits per heavy atom. The molecular formula is C12H15NO2. The molecule has 1 rings (SSSR count). The topological polar surface area (TPSA) is 46.2 Å². The third-order valence-electron chi connectivity index (χ3n) is 2.09. The molecule has 1 amide bonds. The Balaban J connectivity index is 2.89. The summed E-state index contributed by atoms with van der Waals surface area (Å²) >= 11 is 0. The summed E-state index contributed by atoms with van der Waals surface area (Å²) in [7, 11) is 0. The number of benzene rings is 1. The molecule has 0 atom stereocenters. The van der Waals surface area contributed by atoms with E-state index in [1.54, 1.807) is 38.1 Å². The van der Waals surface area contributed by atoms with E-state index in [0.29, 0.717) is 5.56 Å². The second kappa shape index (κ2) is 4.26. The summed E-state index contributed by atoms with van der Waals surface area (Å²) in [6.45, 7) is 4.80. The Kier molecular flexibility index (Phi) is 3.24. The molecule has 1 N–H and O–H groups in total. The lowest BCUT2D eigenvalue weighted by Crippen LogP contribution is -2.48. The highest BCUT2D eigenvalue weighted by molar-refractivity contribution is 6.04. The summed E-state index contributed by atoms with van der Waals surface area (Å²) in [6.07, 6.45) is 0. The van der Waals surface area contributed by atoms with Gasteiger partial charge in [-0.1, -0.05) is 30.3 Å². The minimum atomic E-state index is -0.854. The summed E-state index contributed by atoms with van der Waals surface area (Å²) in [5, 5.41) is 2.63. The Morgan fingerprint density at radius 1 is 1.13 bits per heavy atom. The third-order valence-corrected chi connectivity index (χ3v) is 2.09. The Hall–Kier alpha value is -1.64. The van der Waals surface area contributed by atoms with Gasteiger partial charge in [0.25, 0.3) is 0 Å². The van der Waals surface area contributed by atoms with Crippen LogP contribution in [0, 0.1) is 0 Å². The quantitative estimate of drug-likeness (QED) is 0.764. The molecule has 0 heterocycles. The molecule has 0 fully saturated rings. The van der Waals surface area contributed by atoms with Crippen LogP contribution in [0.25, 0.3) is 0 Å². The number of carbonyl (C=O) groups excluding carboxylic acids is 2. The van der Waals surface area contributed by atoms with Gasteiger partial charge in [-0.3, -0.25) is 9.59 Å². The van der Waals surface area contributed by atoms with Gasteiger partial charge in [0.1, 0.15) is 0 Å². The molecule has 0 aliphatic carbocycles. The number of nitrogens with one attached hydrogen (secondary N) is 1. The number of hydrogen-bond acceptors (Lipinski definition) is 2. The smallest absolute Gasteiger partial charge is 0.217 e. The fraction of sp³-hybridized carbons (Fsp3) is 0.333. The molecular weight excluding hydrogens is 190 g/mol. The van der Waals surface area contributed by atoms with E-state index in [1.165, 1.54) is 6.92 Å². The first-order chi connectivity index (χ1) is 6.93. The molecule has 0 spiro atoms. The van der Waals surface area contributed by atoms with Crippen LogP contribution in [0.15, 0.2) is 30.3 Å². The van der Waals surface area contributed by atoms with E-state index >= 15 is 0 Å². The molecule has 15 heavy (non-hydrogen) atoms. The highest BCUT2D eigenvalue weighted by Gasteiger charge is 2.28. The number of hydrogen-bond donors (Lipinski definition) is 1. The Bertz CT molecular complexity index is 368. The van der Waals surface area contributed by atoms with Gasteiger partial charge in [0.15, 0.2) is 5.78 Å². The molecule has 0 saturated heterocycles. The summed E-state index contributed by atoms with van der Waals surface area (Å²) < 4.78 is 0. The van der Waals surface area contributed by atoms with Gasteiger partial charge in [-0.05, 0) is 13.8 Å². The summed E-state index contributed by atoms with van der Waals surface area (Å²) in [4.78, 5) is 22.9. The molecule has 1 aromatic rings. The molecule has 3 heteroatoms. The first-order valence-corrected chi connectivity index (χ1v) is 4.82. The predicted molar refractivity (Wildman–Crippen MR) is 58.7 cm³/mol. The van der Waals surface area contributed by atoms with E-state index in [2.05, 4.69) is 5.32 Å². The van der Waals surface area contributed by atoms with Crippen LogP contribution in [0.4, 0.5) is 0 Å². The van der Waals surface area contributed by atoms with E-state index in [1.807, 2.05) is 6.07 Å². The van der Waals surface area contributed by atoms with Crippen LogP contribution >= 0.6 is 0 Å².